The molecular weight excluding hydrogens is 368 g/mol. The highest BCUT2D eigenvalue weighted by Gasteiger charge is 2.33. The number of hydrogen-bond donors (Lipinski definition) is 0. The summed E-state index contributed by atoms with van der Waals surface area (Å²) in [6, 6.07) is 8.05. The van der Waals surface area contributed by atoms with Gasteiger partial charge in [0.2, 0.25) is 11.8 Å². The Balaban J connectivity index is 1.85. The van der Waals surface area contributed by atoms with E-state index in [4.69, 9.17) is 4.74 Å². The molecule has 3 heterocycles. The van der Waals surface area contributed by atoms with Crippen molar-refractivity contribution in [3.8, 4) is 5.88 Å². The van der Waals surface area contributed by atoms with Crippen molar-refractivity contribution in [3.63, 3.8) is 0 Å². The number of anilines is 1. The van der Waals surface area contributed by atoms with E-state index in [-0.39, 0.29) is 6.04 Å². The molecule has 1 fully saturated rings. The monoisotopic (exact) mass is 387 g/mol. The molecule has 28 heavy (non-hydrogen) atoms. The van der Waals surface area contributed by atoms with Gasteiger partial charge >= 0.3 is 0 Å². The molecule has 1 aliphatic rings. The predicted molar refractivity (Wildman–Crippen MR) is 99.9 cm³/mol. The highest BCUT2D eigenvalue weighted by Crippen LogP contribution is 2.34. The zero-order valence-electron chi connectivity index (χ0n) is 15.3. The van der Waals surface area contributed by atoms with Gasteiger partial charge in [-0.15, -0.1) is 0 Å². The van der Waals surface area contributed by atoms with E-state index in [1.807, 2.05) is 4.90 Å². The van der Waals surface area contributed by atoms with E-state index in [0.717, 1.165) is 11.0 Å². The lowest BCUT2D eigenvalue weighted by Crippen LogP contribution is -2.34. The first-order valence-corrected chi connectivity index (χ1v) is 9.00. The maximum Gasteiger partial charge on any atom is 0.261 e. The number of alkyl halides is 2. The number of methoxy groups -OCH3 is 1. The van der Waals surface area contributed by atoms with E-state index in [1.54, 1.807) is 36.5 Å². The highest BCUT2D eigenvalue weighted by atomic mass is 19.3. The molecular formula is C19H19F2N5O2. The van der Waals surface area contributed by atoms with E-state index in [2.05, 4.69) is 15.0 Å². The summed E-state index contributed by atoms with van der Waals surface area (Å²) < 4.78 is 32.7. The molecule has 0 saturated carbocycles. The standard InChI is InChI=1S/C19H19F2N5O2/c1-28-16-8-9-22-19(24-16)25-10-4-7-14(25)17-23-13-6-3-2-5-12(13)18(27)26(17)11-15(20)21/h2-3,5-6,8-9,14-15H,4,7,10-11H2,1H3. The fourth-order valence-electron chi connectivity index (χ4n) is 3.61. The van der Waals surface area contributed by atoms with Gasteiger partial charge in [-0.05, 0) is 25.0 Å². The number of fused-ring (bicyclic) bond motifs is 1. The van der Waals surface area contributed by atoms with Crippen LogP contribution < -0.4 is 15.2 Å². The molecule has 3 aromatic rings. The Labute approximate surface area is 159 Å². The second kappa shape index (κ2) is 7.49. The average Bonchev–Trinajstić information content (AvgIpc) is 3.19. The van der Waals surface area contributed by atoms with Crippen molar-refractivity contribution in [2.24, 2.45) is 0 Å². The van der Waals surface area contributed by atoms with E-state index in [9.17, 15) is 13.6 Å². The molecule has 1 aliphatic heterocycles. The fourth-order valence-corrected chi connectivity index (χ4v) is 3.61. The summed E-state index contributed by atoms with van der Waals surface area (Å²) >= 11 is 0. The number of aromatic nitrogens is 4. The molecule has 0 amide bonds. The van der Waals surface area contributed by atoms with Crippen LogP contribution in [-0.2, 0) is 6.54 Å². The third kappa shape index (κ3) is 3.28. The van der Waals surface area contributed by atoms with Gasteiger partial charge in [-0.3, -0.25) is 9.36 Å². The Morgan fingerprint density at radius 2 is 2.07 bits per heavy atom. The molecule has 0 spiro atoms. The van der Waals surface area contributed by atoms with Crippen LogP contribution in [0.4, 0.5) is 14.7 Å². The Morgan fingerprint density at radius 1 is 1.25 bits per heavy atom. The number of benzene rings is 1. The Bertz CT molecular complexity index is 1060. The highest BCUT2D eigenvalue weighted by molar-refractivity contribution is 5.77. The van der Waals surface area contributed by atoms with Crippen molar-refractivity contribution in [2.45, 2.75) is 31.9 Å². The second-order valence-electron chi connectivity index (χ2n) is 6.54. The van der Waals surface area contributed by atoms with Crippen molar-refractivity contribution in [2.75, 3.05) is 18.6 Å². The molecule has 1 saturated heterocycles. The topological polar surface area (TPSA) is 73.1 Å². The lowest BCUT2D eigenvalue weighted by molar-refractivity contribution is 0.123. The van der Waals surface area contributed by atoms with Gasteiger partial charge in [-0.2, -0.15) is 4.98 Å². The molecule has 0 radical (unpaired) electrons. The molecule has 0 aliphatic carbocycles. The first kappa shape index (κ1) is 18.3. The molecule has 1 aromatic carbocycles. The van der Waals surface area contributed by atoms with Crippen LogP contribution in [0.5, 0.6) is 5.88 Å². The Morgan fingerprint density at radius 3 is 2.86 bits per heavy atom. The van der Waals surface area contributed by atoms with Crippen molar-refractivity contribution >= 4 is 16.9 Å². The van der Waals surface area contributed by atoms with Crippen molar-refractivity contribution < 1.29 is 13.5 Å². The van der Waals surface area contributed by atoms with Crippen LogP contribution in [0.15, 0.2) is 41.3 Å². The van der Waals surface area contributed by atoms with Gasteiger partial charge in [-0.25, -0.2) is 18.7 Å². The van der Waals surface area contributed by atoms with E-state index in [0.29, 0.717) is 41.5 Å². The van der Waals surface area contributed by atoms with Crippen LogP contribution in [0.2, 0.25) is 0 Å². The SMILES string of the molecule is COc1ccnc(N2CCCC2c2nc3ccccc3c(=O)n2CC(F)F)n1. The van der Waals surface area contributed by atoms with Gasteiger partial charge in [0.15, 0.2) is 0 Å². The van der Waals surface area contributed by atoms with E-state index < -0.39 is 18.5 Å². The minimum Gasteiger partial charge on any atom is -0.481 e. The van der Waals surface area contributed by atoms with Gasteiger partial charge in [0.1, 0.15) is 5.82 Å². The number of rotatable bonds is 5. The number of halogens is 2. The number of para-hydroxylation sites is 1. The van der Waals surface area contributed by atoms with Crippen molar-refractivity contribution in [3.05, 3.63) is 52.7 Å². The summed E-state index contributed by atoms with van der Waals surface area (Å²) in [5, 5.41) is 0.328. The molecule has 2 aromatic heterocycles. The smallest absolute Gasteiger partial charge is 0.261 e. The van der Waals surface area contributed by atoms with Gasteiger partial charge in [0.05, 0.1) is 30.6 Å². The molecule has 146 valence electrons. The molecule has 0 N–H and O–H groups in total. The first-order chi connectivity index (χ1) is 13.6. The Hall–Kier alpha value is -3.10. The summed E-state index contributed by atoms with van der Waals surface area (Å²) in [4.78, 5) is 28.0. The zero-order chi connectivity index (χ0) is 19.7. The van der Waals surface area contributed by atoms with Crippen molar-refractivity contribution in [1.82, 2.24) is 19.5 Å². The summed E-state index contributed by atoms with van der Waals surface area (Å²) in [6.45, 7) is -0.0650. The van der Waals surface area contributed by atoms with E-state index >= 15 is 0 Å². The van der Waals surface area contributed by atoms with Gasteiger partial charge in [0.25, 0.3) is 12.0 Å². The zero-order valence-corrected chi connectivity index (χ0v) is 15.3. The normalized spacial score (nSPS) is 16.9. The first-order valence-electron chi connectivity index (χ1n) is 9.00. The number of hydrogen-bond acceptors (Lipinski definition) is 6. The van der Waals surface area contributed by atoms with Gasteiger partial charge in [-0.1, -0.05) is 12.1 Å². The quantitative estimate of drug-likeness (QED) is 0.670. The van der Waals surface area contributed by atoms with Crippen LogP contribution in [0.3, 0.4) is 0 Å². The second-order valence-corrected chi connectivity index (χ2v) is 6.54. The fraction of sp³-hybridized carbons (Fsp3) is 0.368. The molecule has 7 nitrogen and oxygen atoms in total. The largest absolute Gasteiger partial charge is 0.481 e. The average molecular weight is 387 g/mol. The molecule has 4 rings (SSSR count). The maximum atomic E-state index is 13.2. The van der Waals surface area contributed by atoms with Crippen LogP contribution in [0, 0.1) is 0 Å². The third-order valence-corrected chi connectivity index (χ3v) is 4.85. The lowest BCUT2D eigenvalue weighted by atomic mass is 10.1. The van der Waals surface area contributed by atoms with Gasteiger partial charge in [0, 0.05) is 18.8 Å². The van der Waals surface area contributed by atoms with Crippen LogP contribution >= 0.6 is 0 Å². The maximum absolute atomic E-state index is 13.2. The minimum absolute atomic E-state index is 0.313. The molecule has 9 heteroatoms. The molecule has 1 atom stereocenters. The summed E-state index contributed by atoms with van der Waals surface area (Å²) in [5.41, 5.74) is 0.0331. The predicted octanol–water partition coefficient (Wildman–Crippen LogP) is 2.80. The Kier molecular flexibility index (Phi) is 4.89. The minimum atomic E-state index is -2.66. The van der Waals surface area contributed by atoms with Crippen molar-refractivity contribution in [1.29, 1.82) is 0 Å². The van der Waals surface area contributed by atoms with Crippen LogP contribution in [0.1, 0.15) is 24.7 Å². The molecule has 1 unspecified atom stereocenters. The number of ether oxygens (including phenoxy) is 1. The summed E-state index contributed by atoms with van der Waals surface area (Å²) in [7, 11) is 1.51. The summed E-state index contributed by atoms with van der Waals surface area (Å²) in [5.74, 6) is 1.15. The molecule has 0 bridgehead atoms. The van der Waals surface area contributed by atoms with Crippen LogP contribution in [0.25, 0.3) is 10.9 Å². The third-order valence-electron chi connectivity index (χ3n) is 4.85. The van der Waals surface area contributed by atoms with E-state index in [1.165, 1.54) is 7.11 Å². The van der Waals surface area contributed by atoms with Gasteiger partial charge < -0.3 is 9.64 Å². The summed E-state index contributed by atoms with van der Waals surface area (Å²) in [6.07, 6.45) is 0.385. The van der Waals surface area contributed by atoms with Crippen LogP contribution in [-0.4, -0.2) is 39.6 Å². The lowest BCUT2D eigenvalue weighted by Gasteiger charge is -2.26. The number of nitrogens with zero attached hydrogens (tertiary/aromatic N) is 5.